The van der Waals surface area contributed by atoms with Gasteiger partial charge in [-0.1, -0.05) is 42.5 Å². The Hall–Kier alpha value is -2.01. The number of rotatable bonds is 5. The van der Waals surface area contributed by atoms with E-state index in [9.17, 15) is 13.4 Å². The zero-order chi connectivity index (χ0) is 16.3. The summed E-state index contributed by atoms with van der Waals surface area (Å²) in [4.78, 5) is 11.1. The van der Waals surface area contributed by atoms with Crippen LogP contribution < -0.4 is 0 Å². The smallest absolute Gasteiger partial charge is 0.321 e. The quantitative estimate of drug-likeness (QED) is 0.915. The minimum atomic E-state index is -1.54. The van der Waals surface area contributed by atoms with E-state index in [1.165, 1.54) is 19.9 Å². The van der Waals surface area contributed by atoms with Crippen molar-refractivity contribution < 1.29 is 18.5 Å². The maximum atomic E-state index is 13.7. The molecule has 0 saturated heterocycles. The zero-order valence-electron chi connectivity index (χ0n) is 12.4. The second-order valence-corrected chi connectivity index (χ2v) is 7.48. The van der Waals surface area contributed by atoms with E-state index in [-0.39, 0.29) is 11.6 Å². The molecular weight excluding hydrogens is 303 g/mol. The summed E-state index contributed by atoms with van der Waals surface area (Å²) in [6.45, 7) is 2.89. The molecule has 0 heterocycles. The third-order valence-corrected chi connectivity index (χ3v) is 5.43. The van der Waals surface area contributed by atoms with Crippen LogP contribution in [-0.4, -0.2) is 20.0 Å². The third kappa shape index (κ3) is 3.42. The molecule has 22 heavy (non-hydrogen) atoms. The Morgan fingerprint density at radius 1 is 1.14 bits per heavy atom. The number of carboxylic acid groups (broad SMARTS) is 1. The van der Waals surface area contributed by atoms with Crippen LogP contribution in [0, 0.1) is 5.82 Å². The zero-order valence-corrected chi connectivity index (χ0v) is 13.2. The molecule has 3 nitrogen and oxygen atoms in total. The summed E-state index contributed by atoms with van der Waals surface area (Å²) >= 11 is 0. The largest absolute Gasteiger partial charge is 0.480 e. The van der Waals surface area contributed by atoms with Gasteiger partial charge in [-0.3, -0.25) is 9.00 Å². The Morgan fingerprint density at radius 3 is 2.27 bits per heavy atom. The van der Waals surface area contributed by atoms with E-state index < -0.39 is 21.5 Å². The molecule has 2 aromatic rings. The first-order chi connectivity index (χ1) is 10.3. The van der Waals surface area contributed by atoms with Gasteiger partial charge in [0.25, 0.3) is 0 Å². The molecule has 0 spiro atoms. The lowest BCUT2D eigenvalue weighted by molar-refractivity contribution is -0.139. The number of halogens is 1. The topological polar surface area (TPSA) is 54.4 Å². The first-order valence-corrected chi connectivity index (χ1v) is 8.10. The highest BCUT2D eigenvalue weighted by Gasteiger charge is 2.34. The van der Waals surface area contributed by atoms with Gasteiger partial charge in [-0.2, -0.15) is 0 Å². The second-order valence-electron chi connectivity index (χ2n) is 5.48. The molecule has 2 aromatic carbocycles. The van der Waals surface area contributed by atoms with Gasteiger partial charge in [-0.25, -0.2) is 4.39 Å². The maximum absolute atomic E-state index is 13.7. The van der Waals surface area contributed by atoms with Crippen LogP contribution in [-0.2, 0) is 21.3 Å². The van der Waals surface area contributed by atoms with E-state index in [1.807, 2.05) is 0 Å². The Labute approximate surface area is 131 Å². The summed E-state index contributed by atoms with van der Waals surface area (Å²) < 4.78 is 24.6. The summed E-state index contributed by atoms with van der Waals surface area (Å²) in [6.07, 6.45) is 0. The summed E-state index contributed by atoms with van der Waals surface area (Å²) in [7, 11) is -1.54. The Kier molecular flexibility index (Phi) is 4.76. The van der Waals surface area contributed by atoms with E-state index in [1.54, 1.807) is 42.5 Å². The molecule has 1 atom stereocenters. The third-order valence-electron chi connectivity index (χ3n) is 3.52. The fourth-order valence-electron chi connectivity index (χ4n) is 1.91. The fraction of sp³-hybridized carbons (Fsp3) is 0.235. The van der Waals surface area contributed by atoms with E-state index in [2.05, 4.69) is 0 Å². The molecule has 0 aliphatic carbocycles. The van der Waals surface area contributed by atoms with E-state index in [0.717, 1.165) is 11.1 Å². The molecule has 0 aromatic heterocycles. The minimum absolute atomic E-state index is 0.150. The monoisotopic (exact) mass is 320 g/mol. The number of carbonyl (C=O) groups is 1. The van der Waals surface area contributed by atoms with Crippen molar-refractivity contribution in [1.29, 1.82) is 0 Å². The van der Waals surface area contributed by atoms with Crippen LogP contribution in [0.5, 0.6) is 0 Å². The highest BCUT2D eigenvalue weighted by Crippen LogP contribution is 2.24. The highest BCUT2D eigenvalue weighted by atomic mass is 32.2. The lowest BCUT2D eigenvalue weighted by Gasteiger charge is -2.18. The number of aliphatic carboxylic acids is 1. The van der Waals surface area contributed by atoms with Crippen molar-refractivity contribution >= 4 is 16.8 Å². The SMILES string of the molecule is CC(C)(C(=O)O)S(=O)Cc1ccc(-c2ccccc2F)cc1. The predicted molar refractivity (Wildman–Crippen MR) is 85.4 cm³/mol. The van der Waals surface area contributed by atoms with Crippen LogP contribution in [0.1, 0.15) is 19.4 Å². The molecule has 0 aliphatic heterocycles. The number of benzene rings is 2. The molecular formula is C17H17FO3S. The predicted octanol–water partition coefficient (Wildman–Crippen LogP) is 3.60. The van der Waals surface area contributed by atoms with Crippen LogP contribution in [0.25, 0.3) is 11.1 Å². The van der Waals surface area contributed by atoms with Crippen LogP contribution in [0.2, 0.25) is 0 Å². The van der Waals surface area contributed by atoms with Gasteiger partial charge < -0.3 is 5.11 Å². The normalized spacial score (nSPS) is 12.9. The van der Waals surface area contributed by atoms with Gasteiger partial charge in [-0.05, 0) is 31.0 Å². The number of hydrogen-bond donors (Lipinski definition) is 1. The van der Waals surface area contributed by atoms with Crippen molar-refractivity contribution in [2.45, 2.75) is 24.3 Å². The molecule has 0 fully saturated rings. The van der Waals surface area contributed by atoms with Gasteiger partial charge in [0.05, 0.1) is 0 Å². The first kappa shape index (κ1) is 16.4. The molecule has 0 bridgehead atoms. The summed E-state index contributed by atoms with van der Waals surface area (Å²) in [6, 6.07) is 13.5. The number of carboxylic acids is 1. The molecule has 0 saturated carbocycles. The summed E-state index contributed by atoms with van der Waals surface area (Å²) in [5.41, 5.74) is 1.99. The fourth-order valence-corrected chi connectivity index (χ4v) is 2.96. The molecule has 0 radical (unpaired) electrons. The lowest BCUT2D eigenvalue weighted by atomic mass is 10.0. The van der Waals surface area contributed by atoms with Crippen LogP contribution in [0.3, 0.4) is 0 Å². The molecule has 1 N–H and O–H groups in total. The van der Waals surface area contributed by atoms with Crippen molar-refractivity contribution in [3.8, 4) is 11.1 Å². The standard InChI is InChI=1S/C17H17FO3S/c1-17(2,16(19)20)22(21)11-12-7-9-13(10-8-12)14-5-3-4-6-15(14)18/h3-10H,11H2,1-2H3,(H,19,20). The maximum Gasteiger partial charge on any atom is 0.321 e. The second kappa shape index (κ2) is 6.40. The molecule has 1 unspecified atom stereocenters. The van der Waals surface area contributed by atoms with Crippen molar-refractivity contribution in [3.05, 3.63) is 59.9 Å². The van der Waals surface area contributed by atoms with Crippen molar-refractivity contribution in [3.63, 3.8) is 0 Å². The van der Waals surface area contributed by atoms with E-state index in [4.69, 9.17) is 5.11 Å². The van der Waals surface area contributed by atoms with Crippen LogP contribution in [0.15, 0.2) is 48.5 Å². The van der Waals surface area contributed by atoms with Crippen molar-refractivity contribution in [2.24, 2.45) is 0 Å². The minimum Gasteiger partial charge on any atom is -0.480 e. The van der Waals surface area contributed by atoms with Crippen molar-refractivity contribution in [2.75, 3.05) is 0 Å². The summed E-state index contributed by atoms with van der Waals surface area (Å²) in [5.74, 6) is -1.24. The van der Waals surface area contributed by atoms with Crippen LogP contribution >= 0.6 is 0 Å². The average molecular weight is 320 g/mol. The first-order valence-electron chi connectivity index (χ1n) is 6.78. The molecule has 116 valence electrons. The lowest BCUT2D eigenvalue weighted by Crippen LogP contribution is -2.37. The Morgan fingerprint density at radius 2 is 1.73 bits per heavy atom. The molecule has 5 heteroatoms. The molecule has 0 aliphatic rings. The van der Waals surface area contributed by atoms with Gasteiger partial charge >= 0.3 is 5.97 Å². The van der Waals surface area contributed by atoms with Gasteiger partial charge in [0.15, 0.2) is 0 Å². The van der Waals surface area contributed by atoms with Gasteiger partial charge in [0.1, 0.15) is 10.6 Å². The number of hydrogen-bond acceptors (Lipinski definition) is 2. The molecule has 2 rings (SSSR count). The van der Waals surface area contributed by atoms with E-state index in [0.29, 0.717) is 5.56 Å². The van der Waals surface area contributed by atoms with E-state index >= 15 is 0 Å². The average Bonchev–Trinajstić information content (AvgIpc) is 2.48. The van der Waals surface area contributed by atoms with Crippen LogP contribution in [0.4, 0.5) is 4.39 Å². The Balaban J connectivity index is 2.18. The molecule has 0 amide bonds. The van der Waals surface area contributed by atoms with Gasteiger partial charge in [-0.15, -0.1) is 0 Å². The highest BCUT2D eigenvalue weighted by molar-refractivity contribution is 7.86. The van der Waals surface area contributed by atoms with Gasteiger partial charge in [0.2, 0.25) is 0 Å². The van der Waals surface area contributed by atoms with Crippen molar-refractivity contribution in [1.82, 2.24) is 0 Å². The van der Waals surface area contributed by atoms with Gasteiger partial charge in [0, 0.05) is 22.1 Å². The Bertz CT molecular complexity index is 708. The summed E-state index contributed by atoms with van der Waals surface area (Å²) in [5, 5.41) is 9.08.